The Bertz CT molecular complexity index is 1460. The van der Waals surface area contributed by atoms with Gasteiger partial charge in [0, 0.05) is 25.6 Å². The largest absolute Gasteiger partial charge is 0.476 e. The first-order valence-corrected chi connectivity index (χ1v) is 15.3. The van der Waals surface area contributed by atoms with Crippen LogP contribution >= 0.6 is 0 Å². The number of carbonyl (C=O) groups is 1. The SMILES string of the molecule is CC(O)(C#Cc1cccc(-n2nc(C(=O)O)c3ccccc32)c1)c1cn(COCC[Si](C)(C)C)nn1. The second-order valence-corrected chi connectivity index (χ2v) is 15.6. The third-order valence-electron chi connectivity index (χ3n) is 5.59. The molecule has 1 atom stereocenters. The number of benzene rings is 2. The van der Waals surface area contributed by atoms with Crippen LogP contribution in [0.2, 0.25) is 25.7 Å². The van der Waals surface area contributed by atoms with Crippen molar-refractivity contribution in [1.82, 2.24) is 24.8 Å². The van der Waals surface area contributed by atoms with E-state index in [0.717, 1.165) is 6.04 Å². The van der Waals surface area contributed by atoms with E-state index in [-0.39, 0.29) is 12.4 Å². The van der Waals surface area contributed by atoms with Gasteiger partial charge in [0.1, 0.15) is 12.4 Å². The second kappa shape index (κ2) is 10.1. The molecule has 0 radical (unpaired) electrons. The zero-order valence-electron chi connectivity index (χ0n) is 20.8. The number of carboxylic acid groups (broad SMARTS) is 1. The maximum absolute atomic E-state index is 11.6. The molecular weight excluding hydrogens is 474 g/mol. The van der Waals surface area contributed by atoms with Crippen LogP contribution in [0.5, 0.6) is 0 Å². The molecule has 0 aliphatic carbocycles. The lowest BCUT2D eigenvalue weighted by Gasteiger charge is -2.15. The van der Waals surface area contributed by atoms with Crippen LogP contribution in [-0.4, -0.2) is 55.6 Å². The quantitative estimate of drug-likeness (QED) is 0.213. The van der Waals surface area contributed by atoms with Crippen LogP contribution in [-0.2, 0) is 17.1 Å². The number of rotatable bonds is 8. The van der Waals surface area contributed by atoms with Gasteiger partial charge in [0.05, 0.1) is 17.4 Å². The average Bonchev–Trinajstić information content (AvgIpc) is 3.46. The van der Waals surface area contributed by atoms with Crippen molar-refractivity contribution in [2.45, 2.75) is 44.9 Å². The van der Waals surface area contributed by atoms with Gasteiger partial charge in [-0.05, 0) is 37.2 Å². The molecule has 10 heteroatoms. The molecule has 186 valence electrons. The van der Waals surface area contributed by atoms with E-state index in [4.69, 9.17) is 4.74 Å². The van der Waals surface area contributed by atoms with Crippen LogP contribution in [0, 0.1) is 11.8 Å². The van der Waals surface area contributed by atoms with E-state index in [1.807, 2.05) is 18.2 Å². The molecule has 0 saturated heterocycles. The Balaban J connectivity index is 1.52. The van der Waals surface area contributed by atoms with Crippen molar-refractivity contribution in [3.05, 3.63) is 71.7 Å². The van der Waals surface area contributed by atoms with E-state index >= 15 is 0 Å². The van der Waals surface area contributed by atoms with Crippen molar-refractivity contribution in [2.24, 2.45) is 0 Å². The Morgan fingerprint density at radius 2 is 1.94 bits per heavy atom. The van der Waals surface area contributed by atoms with Crippen molar-refractivity contribution in [3.63, 3.8) is 0 Å². The number of aliphatic hydroxyl groups is 1. The van der Waals surface area contributed by atoms with Gasteiger partial charge in [-0.25, -0.2) is 14.2 Å². The molecule has 2 heterocycles. The minimum atomic E-state index is -1.53. The predicted molar refractivity (Wildman–Crippen MR) is 139 cm³/mol. The highest BCUT2D eigenvalue weighted by Gasteiger charge is 2.24. The van der Waals surface area contributed by atoms with Crippen molar-refractivity contribution in [2.75, 3.05) is 6.61 Å². The number of aromatic carboxylic acids is 1. The minimum absolute atomic E-state index is 0.0161. The smallest absolute Gasteiger partial charge is 0.357 e. The molecule has 2 aromatic heterocycles. The lowest BCUT2D eigenvalue weighted by molar-refractivity contribution is 0.0691. The van der Waals surface area contributed by atoms with Gasteiger partial charge in [-0.15, -0.1) is 5.10 Å². The molecule has 0 saturated carbocycles. The Labute approximate surface area is 210 Å². The number of hydrogen-bond donors (Lipinski definition) is 2. The minimum Gasteiger partial charge on any atom is -0.476 e. The third kappa shape index (κ3) is 5.88. The van der Waals surface area contributed by atoms with Gasteiger partial charge in [-0.2, -0.15) is 5.10 Å². The zero-order chi connectivity index (χ0) is 25.9. The molecule has 2 N–H and O–H groups in total. The first-order valence-electron chi connectivity index (χ1n) is 11.6. The number of carboxylic acids is 1. The fourth-order valence-electron chi connectivity index (χ4n) is 3.52. The first-order chi connectivity index (χ1) is 17.0. The number of hydrogen-bond acceptors (Lipinski definition) is 6. The van der Waals surface area contributed by atoms with Crippen LogP contribution < -0.4 is 0 Å². The van der Waals surface area contributed by atoms with E-state index in [9.17, 15) is 15.0 Å². The fourth-order valence-corrected chi connectivity index (χ4v) is 4.27. The summed E-state index contributed by atoms with van der Waals surface area (Å²) in [5, 5.41) is 33.4. The van der Waals surface area contributed by atoms with Crippen LogP contribution in [0.15, 0.2) is 54.7 Å². The molecule has 36 heavy (non-hydrogen) atoms. The van der Waals surface area contributed by atoms with Gasteiger partial charge in [0.15, 0.2) is 11.3 Å². The fraction of sp³-hybridized carbons (Fsp3) is 0.308. The first kappa shape index (κ1) is 25.3. The summed E-state index contributed by atoms with van der Waals surface area (Å²) in [6, 6.07) is 15.4. The van der Waals surface area contributed by atoms with E-state index in [2.05, 4.69) is 46.9 Å². The molecule has 0 bridgehead atoms. The lowest BCUT2D eigenvalue weighted by atomic mass is 10.0. The summed E-state index contributed by atoms with van der Waals surface area (Å²) in [4.78, 5) is 11.6. The summed E-state index contributed by atoms with van der Waals surface area (Å²) >= 11 is 0. The molecule has 0 aliphatic heterocycles. The maximum atomic E-state index is 11.6. The molecule has 0 aliphatic rings. The Morgan fingerprint density at radius 1 is 1.17 bits per heavy atom. The predicted octanol–water partition coefficient (Wildman–Crippen LogP) is 3.89. The van der Waals surface area contributed by atoms with Crippen LogP contribution in [0.3, 0.4) is 0 Å². The molecule has 0 amide bonds. The van der Waals surface area contributed by atoms with Gasteiger partial charge in [0.2, 0.25) is 0 Å². The number of aromatic nitrogens is 5. The van der Waals surface area contributed by atoms with Crippen LogP contribution in [0.1, 0.15) is 28.7 Å². The highest BCUT2D eigenvalue weighted by Crippen LogP contribution is 2.23. The molecule has 0 fully saturated rings. The van der Waals surface area contributed by atoms with Gasteiger partial charge < -0.3 is 14.9 Å². The molecule has 2 aromatic carbocycles. The normalized spacial score (nSPS) is 13.2. The highest BCUT2D eigenvalue weighted by molar-refractivity contribution is 6.76. The molecule has 9 nitrogen and oxygen atoms in total. The number of para-hydroxylation sites is 1. The number of ether oxygens (including phenoxy) is 1. The molecule has 0 spiro atoms. The Hall–Kier alpha value is -3.78. The summed E-state index contributed by atoms with van der Waals surface area (Å²) in [6.45, 7) is 9.36. The standard InChI is InChI=1S/C26H29N5O4Si/c1-26(34,23-17-30(29-27-23)18-35-14-15-36(2,3)4)13-12-19-8-7-9-20(16-19)31-22-11-6-5-10-21(22)24(28-31)25(32)33/h5-11,16-17,34H,14-15,18H2,1-4H3,(H,32,33). The topological polar surface area (TPSA) is 115 Å². The third-order valence-corrected chi connectivity index (χ3v) is 7.29. The van der Waals surface area contributed by atoms with E-state index in [1.54, 1.807) is 52.8 Å². The summed E-state index contributed by atoms with van der Waals surface area (Å²) in [5.41, 5.74) is 0.747. The molecule has 4 rings (SSSR count). The monoisotopic (exact) mass is 503 g/mol. The summed E-state index contributed by atoms with van der Waals surface area (Å²) in [6.07, 6.45) is 1.63. The van der Waals surface area contributed by atoms with Gasteiger partial charge in [-0.3, -0.25) is 0 Å². The molecule has 1 unspecified atom stereocenters. The van der Waals surface area contributed by atoms with Gasteiger partial charge in [0.25, 0.3) is 0 Å². The average molecular weight is 504 g/mol. The van der Waals surface area contributed by atoms with Crippen molar-refractivity contribution in [3.8, 4) is 17.5 Å². The van der Waals surface area contributed by atoms with Crippen molar-refractivity contribution < 1.29 is 19.7 Å². The maximum Gasteiger partial charge on any atom is 0.357 e. The van der Waals surface area contributed by atoms with Crippen molar-refractivity contribution in [1.29, 1.82) is 0 Å². The Kier molecular flexibility index (Phi) is 7.08. The van der Waals surface area contributed by atoms with Gasteiger partial charge in [-0.1, -0.05) is 61.0 Å². The summed E-state index contributed by atoms with van der Waals surface area (Å²) in [5.74, 6) is 4.76. The summed E-state index contributed by atoms with van der Waals surface area (Å²) in [7, 11) is -1.17. The highest BCUT2D eigenvalue weighted by atomic mass is 28.3. The van der Waals surface area contributed by atoms with Gasteiger partial charge >= 0.3 is 5.97 Å². The zero-order valence-corrected chi connectivity index (χ0v) is 21.8. The van der Waals surface area contributed by atoms with Crippen molar-refractivity contribution >= 4 is 24.9 Å². The van der Waals surface area contributed by atoms with Crippen LogP contribution in [0.25, 0.3) is 16.6 Å². The lowest BCUT2D eigenvalue weighted by Crippen LogP contribution is -2.22. The van der Waals surface area contributed by atoms with E-state index in [0.29, 0.717) is 34.5 Å². The number of fused-ring (bicyclic) bond motifs is 1. The van der Waals surface area contributed by atoms with Crippen LogP contribution in [0.4, 0.5) is 0 Å². The summed E-state index contributed by atoms with van der Waals surface area (Å²) < 4.78 is 8.81. The molecule has 4 aromatic rings. The Morgan fingerprint density at radius 3 is 2.69 bits per heavy atom. The molecular formula is C26H29N5O4Si. The van der Waals surface area contributed by atoms with E-state index < -0.39 is 19.6 Å². The second-order valence-electron chi connectivity index (χ2n) is 9.95. The number of nitrogens with zero attached hydrogens (tertiary/aromatic N) is 5. The van der Waals surface area contributed by atoms with E-state index in [1.165, 1.54) is 0 Å².